The van der Waals surface area contributed by atoms with Gasteiger partial charge >= 0.3 is 0 Å². The van der Waals surface area contributed by atoms with E-state index in [0.29, 0.717) is 0 Å². The number of hydrogen-bond acceptors (Lipinski definition) is 2. The molecule has 102 heavy (non-hydrogen) atoms. The maximum atomic E-state index is 2.59. The van der Waals surface area contributed by atoms with Crippen LogP contribution in [0.15, 0.2) is 352 Å². The fraction of sp³-hybridized carbons (Fsp3) is 0.0400. The molecular weight excluding hydrogens is 1230 g/mol. The average Bonchev–Trinajstić information content (AvgIpc) is 1.46. The highest BCUT2D eigenvalue weighted by molar-refractivity contribution is 6.29. The summed E-state index contributed by atoms with van der Waals surface area (Å²) in [6, 6.07) is 135. The van der Waals surface area contributed by atoms with Crippen molar-refractivity contribution in [1.82, 2.24) is 0 Å². The first-order valence-electron chi connectivity index (χ1n) is 35.8. The van der Waals surface area contributed by atoms with Crippen LogP contribution >= 0.6 is 0 Å². The van der Waals surface area contributed by atoms with E-state index in [1.807, 2.05) is 0 Å². The van der Waals surface area contributed by atoms with Crippen LogP contribution in [0.25, 0.3) is 143 Å². The molecule has 0 atom stereocenters. The third kappa shape index (κ3) is 7.52. The monoisotopic (exact) mass is 1290 g/mol. The average molecular weight is 1290 g/mol. The van der Waals surface area contributed by atoms with Gasteiger partial charge in [-0.3, -0.25) is 0 Å². The lowest BCUT2D eigenvalue weighted by atomic mass is 9.64. The molecule has 4 aliphatic rings. The van der Waals surface area contributed by atoms with Crippen molar-refractivity contribution in [3.8, 4) is 77.9 Å². The molecule has 474 valence electrons. The number of nitrogens with zero attached hydrogens (tertiary/aromatic N) is 2. The Balaban J connectivity index is 0.889. The van der Waals surface area contributed by atoms with Crippen molar-refractivity contribution in [1.29, 1.82) is 0 Å². The first-order valence-corrected chi connectivity index (χ1v) is 35.8. The van der Waals surface area contributed by atoms with Gasteiger partial charge in [0.05, 0.1) is 22.2 Å². The molecule has 22 rings (SSSR count). The zero-order valence-electron chi connectivity index (χ0n) is 56.4. The zero-order chi connectivity index (χ0) is 67.1. The molecule has 2 heterocycles. The van der Waals surface area contributed by atoms with Crippen LogP contribution in [-0.4, -0.2) is 14.1 Å². The molecule has 2 aliphatic carbocycles. The molecule has 0 fully saturated rings. The van der Waals surface area contributed by atoms with Crippen LogP contribution in [0, 0.1) is 0 Å². The van der Waals surface area contributed by atoms with Crippen LogP contribution in [0.5, 0.6) is 0 Å². The highest BCUT2D eigenvalue weighted by Gasteiger charge is 2.53. The van der Waals surface area contributed by atoms with Gasteiger partial charge < -0.3 is 9.80 Å². The van der Waals surface area contributed by atoms with E-state index in [2.05, 4.69) is 376 Å². The lowest BCUT2D eigenvalue weighted by Gasteiger charge is -2.44. The standard InChI is InChI=1S/C100H64N2/c1-101-93-51-17-15-47-89(93)99(85-43-11-7-29-71(85)72-30-8-12-44-86(72)99)91-49-23-41-79(97(91)101)69-35-21-39-77-83(69)60-84-70(80-42-24-50-92-98(80)102(2)94-52-18-16-48-90(94)100(92)87-45-13-9-31-73(87)74-32-10-14-46-88(74)100)36-22-40-78(84)96(77)95-75-37-19-33-67(65-55-53-61-25-3-5-27-63(61)57-65)81(75)59-82-68(34-20-38-76(82)95)66-56-54-62-26-4-6-28-64(62)58-66/h3-60H,1-2H3. The number of anilines is 4. The lowest BCUT2D eigenvalue weighted by Crippen LogP contribution is -2.36. The number of para-hydroxylation sites is 4. The summed E-state index contributed by atoms with van der Waals surface area (Å²) >= 11 is 0. The SMILES string of the molecule is CN1c2ccccc2C2(c3ccccc3-c3ccccc32)c2cccc(-c3cccc4c(-c5c6cccc(-c7ccc8ccccc8c7)c6cc6c(-c7ccc8ccccc8c7)cccc56)c5cccc(-c6cccc7c6N(C)c6ccccc6C76c7ccccc7-c7ccccc76)c5cc34)c21. The summed E-state index contributed by atoms with van der Waals surface area (Å²) in [5.74, 6) is 0. The highest BCUT2D eigenvalue weighted by Crippen LogP contribution is 2.66. The minimum atomic E-state index is -0.584. The van der Waals surface area contributed by atoms with Crippen LogP contribution in [0.2, 0.25) is 0 Å². The van der Waals surface area contributed by atoms with E-state index in [0.717, 1.165) is 0 Å². The Morgan fingerprint density at radius 1 is 0.186 bits per heavy atom. The van der Waals surface area contributed by atoms with Crippen molar-refractivity contribution in [2.45, 2.75) is 10.8 Å². The van der Waals surface area contributed by atoms with Crippen molar-refractivity contribution in [3.05, 3.63) is 396 Å². The van der Waals surface area contributed by atoms with Gasteiger partial charge in [0.1, 0.15) is 0 Å². The topological polar surface area (TPSA) is 6.48 Å². The van der Waals surface area contributed by atoms with Crippen molar-refractivity contribution >= 4 is 87.4 Å². The Morgan fingerprint density at radius 2 is 0.461 bits per heavy atom. The Labute approximate surface area is 592 Å². The largest absolute Gasteiger partial charge is 0.344 e. The van der Waals surface area contributed by atoms with E-state index in [9.17, 15) is 0 Å². The third-order valence-electron chi connectivity index (χ3n) is 23.8. The van der Waals surface area contributed by atoms with E-state index in [4.69, 9.17) is 0 Å². The molecule has 0 bridgehead atoms. The normalized spacial score (nSPS) is 13.9. The van der Waals surface area contributed by atoms with Crippen molar-refractivity contribution < 1.29 is 0 Å². The van der Waals surface area contributed by atoms with Crippen molar-refractivity contribution in [2.24, 2.45) is 0 Å². The number of hydrogen-bond donors (Lipinski definition) is 0. The third-order valence-corrected chi connectivity index (χ3v) is 23.8. The first kappa shape index (κ1) is 57.1. The van der Waals surface area contributed by atoms with Gasteiger partial charge in [0.25, 0.3) is 0 Å². The van der Waals surface area contributed by atoms with E-state index in [1.165, 1.54) is 210 Å². The first-order chi connectivity index (χ1) is 50.5. The summed E-state index contributed by atoms with van der Waals surface area (Å²) in [4.78, 5) is 5.00. The molecule has 0 amide bonds. The van der Waals surface area contributed by atoms with Gasteiger partial charge in [0, 0.05) is 36.6 Å². The predicted octanol–water partition coefficient (Wildman–Crippen LogP) is 25.8. The number of fused-ring (bicyclic) bond motifs is 24. The molecule has 0 N–H and O–H groups in total. The minimum absolute atomic E-state index is 0.584. The maximum absolute atomic E-state index is 2.59. The summed E-state index contributed by atoms with van der Waals surface area (Å²) in [6.45, 7) is 0. The molecule has 0 radical (unpaired) electrons. The van der Waals surface area contributed by atoms with E-state index in [1.54, 1.807) is 0 Å². The molecule has 18 aromatic rings. The molecule has 2 nitrogen and oxygen atoms in total. The zero-order valence-corrected chi connectivity index (χ0v) is 56.4. The summed E-state index contributed by atoms with van der Waals surface area (Å²) in [7, 11) is 4.60. The van der Waals surface area contributed by atoms with Gasteiger partial charge in [-0.2, -0.15) is 0 Å². The second-order valence-corrected chi connectivity index (χ2v) is 28.5. The predicted molar refractivity (Wildman–Crippen MR) is 429 cm³/mol. The van der Waals surface area contributed by atoms with E-state index < -0.39 is 10.8 Å². The van der Waals surface area contributed by atoms with Gasteiger partial charge in [-0.15, -0.1) is 0 Å². The van der Waals surface area contributed by atoms with Crippen LogP contribution in [0.4, 0.5) is 22.7 Å². The molecule has 0 aromatic heterocycles. The highest BCUT2D eigenvalue weighted by atomic mass is 15.1. The quantitative estimate of drug-likeness (QED) is 0.159. The second-order valence-electron chi connectivity index (χ2n) is 28.5. The smallest absolute Gasteiger partial charge is 0.0754 e. The van der Waals surface area contributed by atoms with Crippen LogP contribution in [0.3, 0.4) is 0 Å². The lowest BCUT2D eigenvalue weighted by molar-refractivity contribution is 0.749. The molecule has 2 aliphatic heterocycles. The number of rotatable bonds is 5. The Hall–Kier alpha value is -12.9. The summed E-state index contributed by atoms with van der Waals surface area (Å²) in [5.41, 5.74) is 31.2. The summed E-state index contributed by atoms with van der Waals surface area (Å²) in [5, 5.41) is 14.5. The van der Waals surface area contributed by atoms with Crippen molar-refractivity contribution in [3.63, 3.8) is 0 Å². The van der Waals surface area contributed by atoms with Crippen LogP contribution in [0.1, 0.15) is 44.5 Å². The van der Waals surface area contributed by atoms with E-state index in [-0.39, 0.29) is 0 Å². The fourth-order valence-corrected chi connectivity index (χ4v) is 19.7. The van der Waals surface area contributed by atoms with E-state index >= 15 is 0 Å². The Bertz CT molecular complexity index is 6220. The van der Waals surface area contributed by atoms with Gasteiger partial charge in [-0.25, -0.2) is 0 Å². The molecule has 18 aromatic carbocycles. The van der Waals surface area contributed by atoms with Gasteiger partial charge in [0.2, 0.25) is 0 Å². The molecule has 0 saturated heterocycles. The van der Waals surface area contributed by atoms with Crippen LogP contribution in [-0.2, 0) is 10.8 Å². The Morgan fingerprint density at radius 3 is 0.843 bits per heavy atom. The van der Waals surface area contributed by atoms with Crippen molar-refractivity contribution in [2.75, 3.05) is 23.9 Å². The van der Waals surface area contributed by atoms with Gasteiger partial charge in [0.15, 0.2) is 0 Å². The Kier molecular flexibility index (Phi) is 11.9. The molecule has 0 unspecified atom stereocenters. The van der Waals surface area contributed by atoms with Gasteiger partial charge in [-0.1, -0.05) is 315 Å². The summed E-state index contributed by atoms with van der Waals surface area (Å²) < 4.78 is 0. The molecule has 0 saturated carbocycles. The fourth-order valence-electron chi connectivity index (χ4n) is 19.7. The second kappa shape index (κ2) is 21.3. The van der Waals surface area contributed by atoms with Gasteiger partial charge in [-0.05, 0) is 212 Å². The molecular formula is C100H64N2. The number of benzene rings is 18. The molecule has 2 heteroatoms. The maximum Gasteiger partial charge on any atom is 0.0754 e. The molecule has 2 spiro atoms. The minimum Gasteiger partial charge on any atom is -0.344 e. The van der Waals surface area contributed by atoms with Crippen LogP contribution < -0.4 is 9.80 Å². The summed E-state index contributed by atoms with van der Waals surface area (Å²) in [6.07, 6.45) is 0.